The lowest BCUT2D eigenvalue weighted by atomic mass is 10.3. The number of hydrogen-bond donors (Lipinski definition) is 2. The molecule has 0 bridgehead atoms. The van der Waals surface area contributed by atoms with Gasteiger partial charge in [0.1, 0.15) is 23.9 Å². The molecule has 0 saturated carbocycles. The Morgan fingerprint density at radius 2 is 2.16 bits per heavy atom. The number of benzene rings is 1. The number of nitrogens with zero attached hydrogens (tertiary/aromatic N) is 1. The summed E-state index contributed by atoms with van der Waals surface area (Å²) in [6.07, 6.45) is -0.669. The summed E-state index contributed by atoms with van der Waals surface area (Å²) < 4.78 is 23.8. The zero-order valence-corrected chi connectivity index (χ0v) is 14.7. The van der Waals surface area contributed by atoms with E-state index in [2.05, 4.69) is 5.32 Å². The van der Waals surface area contributed by atoms with Gasteiger partial charge < -0.3 is 24.5 Å². The number of nitrogens with one attached hydrogen (secondary N) is 1. The molecule has 0 spiro atoms. The number of ether oxygens (including phenoxy) is 1. The van der Waals surface area contributed by atoms with E-state index in [0.29, 0.717) is 18.1 Å². The van der Waals surface area contributed by atoms with Gasteiger partial charge in [0.05, 0.1) is 11.1 Å². The van der Waals surface area contributed by atoms with Gasteiger partial charge in [0, 0.05) is 13.1 Å². The molecule has 0 aliphatic rings. The van der Waals surface area contributed by atoms with Crippen LogP contribution in [0.5, 0.6) is 5.75 Å². The normalized spacial score (nSPS) is 12.2. The van der Waals surface area contributed by atoms with Crippen molar-refractivity contribution in [2.75, 3.05) is 27.2 Å². The standard InChI is InChI=1S/C17H20ClFN2O4/c1-21(2)9-12(22)8-20-17(23)16-6-4-13(25-16)10-24-15-5-3-11(19)7-14(15)18/h3-7,12,22H,8-10H2,1-2H3,(H,20,23). The summed E-state index contributed by atoms with van der Waals surface area (Å²) in [5.41, 5.74) is 0. The number of likely N-dealkylation sites (N-methyl/N-ethyl adjacent to an activating group) is 1. The maximum atomic E-state index is 13.0. The Hall–Kier alpha value is -2.09. The highest BCUT2D eigenvalue weighted by atomic mass is 35.5. The quantitative estimate of drug-likeness (QED) is 0.745. The molecule has 25 heavy (non-hydrogen) atoms. The van der Waals surface area contributed by atoms with Gasteiger partial charge in [-0.1, -0.05) is 11.6 Å². The lowest BCUT2D eigenvalue weighted by Gasteiger charge is -2.15. The third-order valence-corrected chi connectivity index (χ3v) is 3.52. The number of rotatable bonds is 8. The topological polar surface area (TPSA) is 74.9 Å². The van der Waals surface area contributed by atoms with E-state index in [1.54, 1.807) is 6.07 Å². The predicted octanol–water partition coefficient (Wildman–Crippen LogP) is 2.30. The van der Waals surface area contributed by atoms with Crippen LogP contribution < -0.4 is 10.1 Å². The van der Waals surface area contributed by atoms with Crippen molar-refractivity contribution in [2.24, 2.45) is 0 Å². The fourth-order valence-corrected chi connectivity index (χ4v) is 2.32. The molecular weight excluding hydrogens is 351 g/mol. The van der Waals surface area contributed by atoms with E-state index in [4.69, 9.17) is 20.8 Å². The molecule has 1 amide bonds. The number of aliphatic hydroxyl groups is 1. The van der Waals surface area contributed by atoms with Gasteiger partial charge in [-0.3, -0.25) is 4.79 Å². The maximum absolute atomic E-state index is 13.0. The van der Waals surface area contributed by atoms with Gasteiger partial charge in [0.2, 0.25) is 0 Å². The van der Waals surface area contributed by atoms with Crippen molar-refractivity contribution in [1.29, 1.82) is 0 Å². The van der Waals surface area contributed by atoms with E-state index in [9.17, 15) is 14.3 Å². The summed E-state index contributed by atoms with van der Waals surface area (Å²) in [6, 6.07) is 6.92. The number of carbonyl (C=O) groups excluding carboxylic acids is 1. The van der Waals surface area contributed by atoms with Crippen LogP contribution in [-0.2, 0) is 6.61 Å². The summed E-state index contributed by atoms with van der Waals surface area (Å²) in [6.45, 7) is 0.604. The average Bonchev–Trinajstić information content (AvgIpc) is 3.00. The Morgan fingerprint density at radius 3 is 2.84 bits per heavy atom. The van der Waals surface area contributed by atoms with Crippen molar-refractivity contribution in [3.8, 4) is 5.75 Å². The Bertz CT molecular complexity index is 720. The second-order valence-corrected chi connectivity index (χ2v) is 6.16. The lowest BCUT2D eigenvalue weighted by Crippen LogP contribution is -2.37. The minimum Gasteiger partial charge on any atom is -0.484 e. The zero-order valence-electron chi connectivity index (χ0n) is 14.0. The monoisotopic (exact) mass is 370 g/mol. The van der Waals surface area contributed by atoms with Crippen LogP contribution in [0.1, 0.15) is 16.3 Å². The van der Waals surface area contributed by atoms with Crippen molar-refractivity contribution in [3.05, 3.63) is 52.7 Å². The van der Waals surface area contributed by atoms with Gasteiger partial charge in [0.15, 0.2) is 5.76 Å². The first-order valence-corrected chi connectivity index (χ1v) is 8.00. The number of amides is 1. The van der Waals surface area contributed by atoms with E-state index in [1.807, 2.05) is 19.0 Å². The van der Waals surface area contributed by atoms with Crippen LogP contribution in [0.3, 0.4) is 0 Å². The number of halogens is 2. The van der Waals surface area contributed by atoms with Crippen molar-refractivity contribution < 1.29 is 23.4 Å². The molecule has 1 atom stereocenters. The molecule has 0 radical (unpaired) electrons. The zero-order chi connectivity index (χ0) is 18.4. The highest BCUT2D eigenvalue weighted by Crippen LogP contribution is 2.25. The largest absolute Gasteiger partial charge is 0.484 e. The predicted molar refractivity (Wildman–Crippen MR) is 91.3 cm³/mol. The minimum atomic E-state index is -0.669. The van der Waals surface area contributed by atoms with Gasteiger partial charge >= 0.3 is 0 Å². The van der Waals surface area contributed by atoms with Crippen LogP contribution in [0.25, 0.3) is 0 Å². The molecule has 0 aliphatic carbocycles. The summed E-state index contributed by atoms with van der Waals surface area (Å²) in [4.78, 5) is 13.8. The van der Waals surface area contributed by atoms with Crippen LogP contribution in [0.4, 0.5) is 4.39 Å². The summed E-state index contributed by atoms with van der Waals surface area (Å²) in [5.74, 6) is -0.0351. The molecule has 1 aromatic carbocycles. The molecular formula is C17H20ClFN2O4. The van der Waals surface area contributed by atoms with Crippen LogP contribution in [0, 0.1) is 5.82 Å². The third-order valence-electron chi connectivity index (χ3n) is 3.22. The van der Waals surface area contributed by atoms with Gasteiger partial charge in [-0.2, -0.15) is 0 Å². The molecule has 0 saturated heterocycles. The second kappa shape index (κ2) is 8.84. The van der Waals surface area contributed by atoms with Gasteiger partial charge in [0.25, 0.3) is 5.91 Å². The molecule has 6 nitrogen and oxygen atoms in total. The SMILES string of the molecule is CN(C)CC(O)CNC(=O)c1ccc(COc2ccc(F)cc2Cl)o1. The van der Waals surface area contributed by atoms with Crippen LogP contribution in [-0.4, -0.2) is 49.2 Å². The van der Waals surface area contributed by atoms with Gasteiger partial charge in [-0.15, -0.1) is 0 Å². The smallest absolute Gasteiger partial charge is 0.287 e. The first-order chi connectivity index (χ1) is 11.8. The Kier molecular flexibility index (Phi) is 6.81. The van der Waals surface area contributed by atoms with Crippen LogP contribution in [0.2, 0.25) is 5.02 Å². The van der Waals surface area contributed by atoms with E-state index in [1.165, 1.54) is 18.2 Å². The number of furan rings is 1. The highest BCUT2D eigenvalue weighted by Gasteiger charge is 2.14. The van der Waals surface area contributed by atoms with Crippen molar-refractivity contribution in [2.45, 2.75) is 12.7 Å². The van der Waals surface area contributed by atoms with Crippen LogP contribution in [0.15, 0.2) is 34.7 Å². The minimum absolute atomic E-state index is 0.0435. The van der Waals surface area contributed by atoms with Crippen LogP contribution >= 0.6 is 11.6 Å². The number of aliphatic hydroxyl groups excluding tert-OH is 1. The maximum Gasteiger partial charge on any atom is 0.287 e. The summed E-state index contributed by atoms with van der Waals surface area (Å²) >= 11 is 5.87. The van der Waals surface area contributed by atoms with E-state index in [-0.39, 0.29) is 23.9 Å². The molecule has 1 heterocycles. The molecule has 2 rings (SSSR count). The Morgan fingerprint density at radius 1 is 1.40 bits per heavy atom. The molecule has 1 aromatic heterocycles. The lowest BCUT2D eigenvalue weighted by molar-refractivity contribution is 0.0862. The van der Waals surface area contributed by atoms with E-state index in [0.717, 1.165) is 6.07 Å². The molecule has 8 heteroatoms. The average molecular weight is 371 g/mol. The summed E-state index contributed by atoms with van der Waals surface area (Å²) in [7, 11) is 3.66. The van der Waals surface area contributed by atoms with Gasteiger partial charge in [-0.05, 0) is 44.4 Å². The molecule has 136 valence electrons. The fraction of sp³-hybridized carbons (Fsp3) is 0.353. The Balaban J connectivity index is 1.85. The molecule has 0 aliphatic heterocycles. The highest BCUT2D eigenvalue weighted by molar-refractivity contribution is 6.32. The van der Waals surface area contributed by atoms with Crippen molar-refractivity contribution in [1.82, 2.24) is 10.2 Å². The first-order valence-electron chi connectivity index (χ1n) is 7.62. The Labute approximate surface area is 150 Å². The van der Waals surface area contributed by atoms with Crippen molar-refractivity contribution >= 4 is 17.5 Å². The second-order valence-electron chi connectivity index (χ2n) is 5.76. The number of carbonyl (C=O) groups is 1. The van der Waals surface area contributed by atoms with Gasteiger partial charge in [-0.25, -0.2) is 4.39 Å². The first kappa shape index (κ1) is 19.2. The van der Waals surface area contributed by atoms with E-state index >= 15 is 0 Å². The number of hydrogen-bond acceptors (Lipinski definition) is 5. The molecule has 2 aromatic rings. The molecule has 2 N–H and O–H groups in total. The van der Waals surface area contributed by atoms with Crippen molar-refractivity contribution in [3.63, 3.8) is 0 Å². The molecule has 0 fully saturated rings. The fourth-order valence-electron chi connectivity index (χ4n) is 2.10. The summed E-state index contributed by atoms with van der Waals surface area (Å²) in [5, 5.41) is 12.5. The van der Waals surface area contributed by atoms with E-state index < -0.39 is 17.8 Å². The third kappa shape index (κ3) is 6.04. The molecule has 1 unspecified atom stereocenters.